The fourth-order valence-corrected chi connectivity index (χ4v) is 2.16. The van der Waals surface area contributed by atoms with Crippen molar-refractivity contribution in [2.45, 2.75) is 46.0 Å². The first-order chi connectivity index (χ1) is 8.58. The number of hydrogen-bond acceptors (Lipinski definition) is 2. The number of phenols is 1. The van der Waals surface area contributed by atoms with Crippen LogP contribution in [0.3, 0.4) is 0 Å². The minimum atomic E-state index is -1.07. The zero-order valence-corrected chi connectivity index (χ0v) is 11.1. The summed E-state index contributed by atoms with van der Waals surface area (Å²) in [4.78, 5) is 10.9. The smallest absolute Gasteiger partial charge is 0.339 e. The molecular weight excluding hydrogens is 228 g/mol. The maximum Gasteiger partial charge on any atom is 0.339 e. The van der Waals surface area contributed by atoms with Gasteiger partial charge in [0, 0.05) is 0 Å². The summed E-state index contributed by atoms with van der Waals surface area (Å²) in [6.45, 7) is 4.34. The van der Waals surface area contributed by atoms with Crippen LogP contribution in [-0.2, 0) is 6.42 Å². The molecule has 0 radical (unpaired) electrons. The van der Waals surface area contributed by atoms with E-state index < -0.39 is 5.97 Å². The highest BCUT2D eigenvalue weighted by Crippen LogP contribution is 2.23. The van der Waals surface area contributed by atoms with Crippen LogP contribution < -0.4 is 0 Å². The van der Waals surface area contributed by atoms with E-state index in [2.05, 4.69) is 13.8 Å². The molecule has 0 fully saturated rings. The van der Waals surface area contributed by atoms with Gasteiger partial charge in [-0.05, 0) is 30.0 Å². The summed E-state index contributed by atoms with van der Waals surface area (Å²) < 4.78 is 0. The fraction of sp³-hybridized carbons (Fsp3) is 0.533. The van der Waals surface area contributed by atoms with Crippen molar-refractivity contribution in [1.82, 2.24) is 0 Å². The maximum atomic E-state index is 10.9. The summed E-state index contributed by atoms with van der Waals surface area (Å²) in [6, 6.07) is 4.88. The van der Waals surface area contributed by atoms with Crippen LogP contribution >= 0.6 is 0 Å². The Morgan fingerprint density at radius 2 is 2.06 bits per heavy atom. The predicted molar refractivity (Wildman–Crippen MR) is 72.1 cm³/mol. The predicted octanol–water partition coefficient (Wildman–Crippen LogP) is 3.85. The molecule has 0 saturated carbocycles. The minimum Gasteiger partial charge on any atom is -0.507 e. The third-order valence-electron chi connectivity index (χ3n) is 3.36. The van der Waals surface area contributed by atoms with Crippen molar-refractivity contribution < 1.29 is 15.0 Å². The Morgan fingerprint density at radius 1 is 1.33 bits per heavy atom. The average Bonchev–Trinajstić information content (AvgIpc) is 2.36. The van der Waals surface area contributed by atoms with Crippen LogP contribution in [0.4, 0.5) is 0 Å². The molecule has 0 aromatic heterocycles. The van der Waals surface area contributed by atoms with E-state index in [1.165, 1.54) is 25.3 Å². The molecular formula is C15H22O3. The number of carbonyl (C=O) groups is 1. The fourth-order valence-electron chi connectivity index (χ4n) is 2.16. The van der Waals surface area contributed by atoms with Gasteiger partial charge in [0.25, 0.3) is 0 Å². The SMILES string of the molecule is CCCCC(CC)Cc1ccc(O)c(C(=O)O)c1. The first kappa shape index (κ1) is 14.6. The quantitative estimate of drug-likeness (QED) is 0.772. The van der Waals surface area contributed by atoms with Gasteiger partial charge in [-0.1, -0.05) is 45.6 Å². The van der Waals surface area contributed by atoms with Crippen molar-refractivity contribution in [2.24, 2.45) is 5.92 Å². The van der Waals surface area contributed by atoms with Crippen LogP contribution in [0.2, 0.25) is 0 Å². The van der Waals surface area contributed by atoms with E-state index in [4.69, 9.17) is 5.11 Å². The molecule has 0 saturated heterocycles. The highest BCUT2D eigenvalue weighted by molar-refractivity contribution is 5.90. The Labute approximate surface area is 108 Å². The number of carboxylic acid groups (broad SMARTS) is 1. The molecule has 0 aliphatic rings. The van der Waals surface area contributed by atoms with E-state index in [0.717, 1.165) is 18.4 Å². The standard InChI is InChI=1S/C15H22O3/c1-3-5-6-11(4-2)9-12-7-8-14(16)13(10-12)15(17)18/h7-8,10-11,16H,3-6,9H2,1-2H3,(H,17,18). The molecule has 1 rings (SSSR count). The molecule has 3 heteroatoms. The van der Waals surface area contributed by atoms with Gasteiger partial charge >= 0.3 is 5.97 Å². The molecule has 0 aliphatic heterocycles. The zero-order chi connectivity index (χ0) is 13.5. The summed E-state index contributed by atoms with van der Waals surface area (Å²) in [6.07, 6.45) is 5.56. The number of aromatic carboxylic acids is 1. The highest BCUT2D eigenvalue weighted by Gasteiger charge is 2.12. The molecule has 2 N–H and O–H groups in total. The summed E-state index contributed by atoms with van der Waals surface area (Å²) in [5.41, 5.74) is 0.992. The van der Waals surface area contributed by atoms with E-state index in [1.807, 2.05) is 6.07 Å². The Balaban J connectivity index is 2.77. The maximum absolute atomic E-state index is 10.9. The first-order valence-electron chi connectivity index (χ1n) is 6.63. The second-order valence-corrected chi connectivity index (χ2v) is 4.78. The lowest BCUT2D eigenvalue weighted by Crippen LogP contribution is -2.05. The number of unbranched alkanes of at least 4 members (excludes halogenated alkanes) is 1. The second-order valence-electron chi connectivity index (χ2n) is 4.78. The van der Waals surface area contributed by atoms with Crippen LogP contribution in [0.25, 0.3) is 0 Å². The van der Waals surface area contributed by atoms with Gasteiger partial charge in [0.2, 0.25) is 0 Å². The van der Waals surface area contributed by atoms with Gasteiger partial charge in [-0.25, -0.2) is 4.79 Å². The normalized spacial score (nSPS) is 12.3. The molecule has 0 aliphatic carbocycles. The van der Waals surface area contributed by atoms with Gasteiger partial charge < -0.3 is 10.2 Å². The molecule has 0 amide bonds. The minimum absolute atomic E-state index is 0.00200. The number of hydrogen-bond donors (Lipinski definition) is 2. The molecule has 3 nitrogen and oxygen atoms in total. The lowest BCUT2D eigenvalue weighted by atomic mass is 9.91. The average molecular weight is 250 g/mol. The van der Waals surface area contributed by atoms with Crippen molar-refractivity contribution in [3.63, 3.8) is 0 Å². The number of rotatable bonds is 7. The first-order valence-corrected chi connectivity index (χ1v) is 6.63. The van der Waals surface area contributed by atoms with Crippen LogP contribution in [-0.4, -0.2) is 16.2 Å². The van der Waals surface area contributed by atoms with E-state index in [1.54, 1.807) is 6.07 Å². The van der Waals surface area contributed by atoms with Crippen LogP contribution in [0, 0.1) is 5.92 Å². The Morgan fingerprint density at radius 3 is 2.61 bits per heavy atom. The Kier molecular flexibility index (Phi) is 5.69. The monoisotopic (exact) mass is 250 g/mol. The van der Waals surface area contributed by atoms with Gasteiger partial charge in [-0.3, -0.25) is 0 Å². The van der Waals surface area contributed by atoms with E-state index >= 15 is 0 Å². The van der Waals surface area contributed by atoms with Crippen LogP contribution in [0.5, 0.6) is 5.75 Å². The third-order valence-corrected chi connectivity index (χ3v) is 3.36. The summed E-state index contributed by atoms with van der Waals surface area (Å²) >= 11 is 0. The molecule has 0 bridgehead atoms. The lowest BCUT2D eigenvalue weighted by Gasteiger charge is -2.15. The molecule has 100 valence electrons. The summed E-state index contributed by atoms with van der Waals surface area (Å²) in [5, 5.41) is 18.4. The van der Waals surface area contributed by atoms with E-state index in [-0.39, 0.29) is 11.3 Å². The topological polar surface area (TPSA) is 57.5 Å². The summed E-state index contributed by atoms with van der Waals surface area (Å²) in [5.74, 6) is -0.639. The number of aromatic hydroxyl groups is 1. The third kappa shape index (κ3) is 4.06. The Hall–Kier alpha value is -1.51. The van der Waals surface area contributed by atoms with Crippen LogP contribution in [0.15, 0.2) is 18.2 Å². The van der Waals surface area contributed by atoms with Crippen molar-refractivity contribution in [3.05, 3.63) is 29.3 Å². The van der Waals surface area contributed by atoms with E-state index in [9.17, 15) is 9.90 Å². The van der Waals surface area contributed by atoms with Crippen molar-refractivity contribution in [2.75, 3.05) is 0 Å². The zero-order valence-electron chi connectivity index (χ0n) is 11.1. The molecule has 1 aromatic carbocycles. The van der Waals surface area contributed by atoms with Crippen molar-refractivity contribution in [1.29, 1.82) is 0 Å². The van der Waals surface area contributed by atoms with Gasteiger partial charge in [0.1, 0.15) is 11.3 Å². The Bertz CT molecular complexity index is 399. The van der Waals surface area contributed by atoms with Crippen molar-refractivity contribution >= 4 is 5.97 Å². The van der Waals surface area contributed by atoms with Crippen LogP contribution in [0.1, 0.15) is 55.5 Å². The molecule has 1 unspecified atom stereocenters. The van der Waals surface area contributed by atoms with Gasteiger partial charge in [-0.2, -0.15) is 0 Å². The molecule has 18 heavy (non-hydrogen) atoms. The number of benzene rings is 1. The second kappa shape index (κ2) is 7.04. The van der Waals surface area contributed by atoms with Gasteiger partial charge in [0.05, 0.1) is 0 Å². The number of carboxylic acids is 1. The molecule has 0 spiro atoms. The van der Waals surface area contributed by atoms with Gasteiger partial charge in [0.15, 0.2) is 0 Å². The van der Waals surface area contributed by atoms with Gasteiger partial charge in [-0.15, -0.1) is 0 Å². The van der Waals surface area contributed by atoms with Crippen molar-refractivity contribution in [3.8, 4) is 5.75 Å². The molecule has 1 atom stereocenters. The van der Waals surface area contributed by atoms with E-state index in [0.29, 0.717) is 5.92 Å². The molecule has 0 heterocycles. The largest absolute Gasteiger partial charge is 0.507 e. The highest BCUT2D eigenvalue weighted by atomic mass is 16.4. The molecule has 1 aromatic rings. The lowest BCUT2D eigenvalue weighted by molar-refractivity contribution is 0.0693. The summed E-state index contributed by atoms with van der Waals surface area (Å²) in [7, 11) is 0.